The SMILES string of the molecule is C=CCn1c(SCC(=O)Nc2cc(-c3ccccc3)nn2-c2ccccc2)nnc1C1CC1. The summed E-state index contributed by atoms with van der Waals surface area (Å²) in [5.74, 6) is 2.19. The van der Waals surface area contributed by atoms with Gasteiger partial charge in [0.25, 0.3) is 0 Å². The third-order valence-corrected chi connectivity index (χ3v) is 6.35. The second-order valence-electron chi connectivity index (χ2n) is 7.88. The molecular formula is C25H24N6OS. The number of anilines is 1. The molecule has 5 rings (SSSR count). The molecule has 0 unspecified atom stereocenters. The Balaban J connectivity index is 1.35. The lowest BCUT2D eigenvalue weighted by molar-refractivity contribution is -0.113. The van der Waals surface area contributed by atoms with E-state index in [0.717, 1.165) is 40.8 Å². The fourth-order valence-corrected chi connectivity index (χ4v) is 4.40. The van der Waals surface area contributed by atoms with Crippen LogP contribution in [-0.2, 0) is 11.3 Å². The molecule has 0 aliphatic heterocycles. The van der Waals surface area contributed by atoms with Crippen LogP contribution in [0.25, 0.3) is 16.9 Å². The summed E-state index contributed by atoms with van der Waals surface area (Å²) >= 11 is 1.39. The van der Waals surface area contributed by atoms with Gasteiger partial charge in [-0.05, 0) is 25.0 Å². The Bertz CT molecular complexity index is 1260. The molecule has 4 aromatic rings. The predicted molar refractivity (Wildman–Crippen MR) is 131 cm³/mol. The van der Waals surface area contributed by atoms with Gasteiger partial charge in [-0.2, -0.15) is 5.10 Å². The number of para-hydroxylation sites is 1. The first-order valence-corrected chi connectivity index (χ1v) is 11.9. The van der Waals surface area contributed by atoms with Gasteiger partial charge >= 0.3 is 0 Å². The van der Waals surface area contributed by atoms with Crippen LogP contribution in [0.1, 0.15) is 24.6 Å². The molecular weight excluding hydrogens is 432 g/mol. The second-order valence-corrected chi connectivity index (χ2v) is 8.82. The van der Waals surface area contributed by atoms with Crippen LogP contribution >= 0.6 is 11.8 Å². The third kappa shape index (κ3) is 4.75. The van der Waals surface area contributed by atoms with E-state index in [1.165, 1.54) is 11.8 Å². The highest BCUT2D eigenvalue weighted by molar-refractivity contribution is 7.99. The first-order valence-electron chi connectivity index (χ1n) is 10.9. The number of thioether (sulfide) groups is 1. The maximum atomic E-state index is 12.9. The highest BCUT2D eigenvalue weighted by Gasteiger charge is 2.30. The van der Waals surface area contributed by atoms with Crippen LogP contribution in [0.4, 0.5) is 5.82 Å². The lowest BCUT2D eigenvalue weighted by atomic mass is 10.2. The van der Waals surface area contributed by atoms with Gasteiger partial charge < -0.3 is 9.88 Å². The number of nitrogens with zero attached hydrogens (tertiary/aromatic N) is 5. The number of benzene rings is 2. The standard InChI is InChI=1S/C25H24N6OS/c1-2-15-30-24(19-13-14-19)27-28-25(30)33-17-23(32)26-22-16-21(18-9-5-3-6-10-18)29-31(22)20-11-7-4-8-12-20/h2-12,16,19H,1,13-15,17H2,(H,26,32). The topological polar surface area (TPSA) is 77.6 Å². The molecule has 1 amide bonds. The van der Waals surface area contributed by atoms with Gasteiger partial charge in [-0.1, -0.05) is 66.4 Å². The maximum Gasteiger partial charge on any atom is 0.236 e. The van der Waals surface area contributed by atoms with Crippen molar-refractivity contribution in [1.82, 2.24) is 24.5 Å². The van der Waals surface area contributed by atoms with Gasteiger partial charge in [0.1, 0.15) is 11.6 Å². The van der Waals surface area contributed by atoms with Crippen molar-refractivity contribution >= 4 is 23.5 Å². The molecule has 33 heavy (non-hydrogen) atoms. The van der Waals surface area contributed by atoms with Crippen molar-refractivity contribution in [2.24, 2.45) is 0 Å². The van der Waals surface area contributed by atoms with Crippen molar-refractivity contribution in [3.05, 3.63) is 85.2 Å². The van der Waals surface area contributed by atoms with Crippen LogP contribution < -0.4 is 5.32 Å². The Labute approximate surface area is 196 Å². The number of rotatable bonds is 9. The minimum absolute atomic E-state index is 0.127. The van der Waals surface area contributed by atoms with Crippen LogP contribution in [-0.4, -0.2) is 36.2 Å². The van der Waals surface area contributed by atoms with E-state index in [1.54, 1.807) is 4.68 Å². The summed E-state index contributed by atoms with van der Waals surface area (Å²) in [7, 11) is 0. The van der Waals surface area contributed by atoms with E-state index < -0.39 is 0 Å². The molecule has 8 heteroatoms. The normalized spacial score (nSPS) is 13.1. The predicted octanol–water partition coefficient (Wildman–Crippen LogP) is 4.93. The average molecular weight is 457 g/mol. The molecule has 2 aromatic carbocycles. The van der Waals surface area contributed by atoms with E-state index in [0.29, 0.717) is 18.3 Å². The van der Waals surface area contributed by atoms with Crippen molar-refractivity contribution in [2.45, 2.75) is 30.5 Å². The largest absolute Gasteiger partial charge is 0.310 e. The van der Waals surface area contributed by atoms with Crippen LogP contribution in [0.2, 0.25) is 0 Å². The van der Waals surface area contributed by atoms with Crippen LogP contribution in [0.5, 0.6) is 0 Å². The van der Waals surface area contributed by atoms with Gasteiger partial charge in [-0.25, -0.2) is 4.68 Å². The number of nitrogens with one attached hydrogen (secondary N) is 1. The van der Waals surface area contributed by atoms with Crippen molar-refractivity contribution in [2.75, 3.05) is 11.1 Å². The van der Waals surface area contributed by atoms with Crippen molar-refractivity contribution in [3.63, 3.8) is 0 Å². The molecule has 0 spiro atoms. The summed E-state index contributed by atoms with van der Waals surface area (Å²) in [5, 5.41) is 17.2. The summed E-state index contributed by atoms with van der Waals surface area (Å²) in [5.41, 5.74) is 2.66. The summed E-state index contributed by atoms with van der Waals surface area (Å²) in [6, 6.07) is 21.6. The maximum absolute atomic E-state index is 12.9. The van der Waals surface area contributed by atoms with E-state index in [2.05, 4.69) is 26.7 Å². The molecule has 1 N–H and O–H groups in total. The number of aromatic nitrogens is 5. The Kier molecular flexibility index (Phi) is 6.08. The second kappa shape index (κ2) is 9.46. The number of amides is 1. The minimum atomic E-state index is -0.127. The van der Waals surface area contributed by atoms with Crippen LogP contribution in [0, 0.1) is 0 Å². The zero-order valence-corrected chi connectivity index (χ0v) is 18.9. The molecule has 1 saturated carbocycles. The molecule has 0 radical (unpaired) electrons. The number of allylic oxidation sites excluding steroid dienone is 1. The van der Waals surface area contributed by atoms with Gasteiger partial charge in [0, 0.05) is 24.1 Å². The molecule has 7 nitrogen and oxygen atoms in total. The molecule has 0 atom stereocenters. The van der Waals surface area contributed by atoms with E-state index in [4.69, 9.17) is 5.10 Å². The zero-order valence-electron chi connectivity index (χ0n) is 18.1. The molecule has 0 bridgehead atoms. The van der Waals surface area contributed by atoms with E-state index in [9.17, 15) is 4.79 Å². The summed E-state index contributed by atoms with van der Waals surface area (Å²) in [6.45, 7) is 4.48. The van der Waals surface area contributed by atoms with Gasteiger partial charge in [-0.15, -0.1) is 16.8 Å². The smallest absolute Gasteiger partial charge is 0.236 e. The molecule has 0 saturated heterocycles. The lowest BCUT2D eigenvalue weighted by Gasteiger charge is -2.09. The Morgan fingerprint density at radius 3 is 2.52 bits per heavy atom. The first-order chi connectivity index (χ1) is 16.2. The van der Waals surface area contributed by atoms with Crippen molar-refractivity contribution in [3.8, 4) is 16.9 Å². The van der Waals surface area contributed by atoms with Crippen LogP contribution in [0.15, 0.2) is 84.5 Å². The molecule has 1 fully saturated rings. The van der Waals surface area contributed by atoms with Gasteiger partial charge in [0.2, 0.25) is 5.91 Å². The molecule has 2 heterocycles. The van der Waals surface area contributed by atoms with E-state index >= 15 is 0 Å². The van der Waals surface area contributed by atoms with Gasteiger partial charge in [0.05, 0.1) is 17.1 Å². The Hall–Kier alpha value is -3.65. The van der Waals surface area contributed by atoms with E-state index in [-0.39, 0.29) is 11.7 Å². The zero-order chi connectivity index (χ0) is 22.6. The van der Waals surface area contributed by atoms with Gasteiger partial charge in [0.15, 0.2) is 5.16 Å². The summed E-state index contributed by atoms with van der Waals surface area (Å²) in [6.07, 6.45) is 4.13. The van der Waals surface area contributed by atoms with E-state index in [1.807, 2.05) is 72.8 Å². The average Bonchev–Trinajstić information content (AvgIpc) is 3.49. The fourth-order valence-electron chi connectivity index (χ4n) is 3.65. The Morgan fingerprint density at radius 2 is 1.82 bits per heavy atom. The number of carbonyl (C=O) groups excluding carboxylic acids is 1. The summed E-state index contributed by atoms with van der Waals surface area (Å²) in [4.78, 5) is 12.9. The molecule has 1 aliphatic carbocycles. The third-order valence-electron chi connectivity index (χ3n) is 5.38. The molecule has 166 valence electrons. The Morgan fingerprint density at radius 1 is 1.09 bits per heavy atom. The number of hydrogen-bond acceptors (Lipinski definition) is 5. The van der Waals surface area contributed by atoms with Crippen molar-refractivity contribution < 1.29 is 4.79 Å². The van der Waals surface area contributed by atoms with Crippen LogP contribution in [0.3, 0.4) is 0 Å². The van der Waals surface area contributed by atoms with Crippen molar-refractivity contribution in [1.29, 1.82) is 0 Å². The lowest BCUT2D eigenvalue weighted by Crippen LogP contribution is -2.17. The summed E-state index contributed by atoms with van der Waals surface area (Å²) < 4.78 is 3.82. The first kappa shape index (κ1) is 21.2. The fraction of sp³-hybridized carbons (Fsp3) is 0.200. The number of carbonyl (C=O) groups is 1. The highest BCUT2D eigenvalue weighted by atomic mass is 32.2. The van der Waals surface area contributed by atoms with Gasteiger partial charge in [-0.3, -0.25) is 4.79 Å². The monoisotopic (exact) mass is 456 g/mol. The number of hydrogen-bond donors (Lipinski definition) is 1. The quantitative estimate of drug-likeness (QED) is 0.286. The minimum Gasteiger partial charge on any atom is -0.310 e. The molecule has 1 aliphatic rings. The highest BCUT2D eigenvalue weighted by Crippen LogP contribution is 2.40. The molecule has 2 aromatic heterocycles.